The van der Waals surface area contributed by atoms with Gasteiger partial charge in [0.1, 0.15) is 20.7 Å². The standard InChI is InChI=1S/C20H15ClN4O3S/c1-10-15-18(26)22-14(23-19(15)29-16(10)20(27)28)9-8-13-11(2)24-25(17(13)21)12-6-4-3-5-7-12/h3-9H,1-2H3,(H,27,28)(H,22,23,26). The normalized spacial score (nSPS) is 11.6. The maximum absolute atomic E-state index is 12.4. The minimum atomic E-state index is -1.07. The first kappa shape index (κ1) is 19.1. The largest absolute Gasteiger partial charge is 0.477 e. The molecule has 9 heteroatoms. The molecule has 4 aromatic rings. The van der Waals surface area contributed by atoms with Crippen LogP contribution in [0.1, 0.15) is 32.3 Å². The summed E-state index contributed by atoms with van der Waals surface area (Å²) in [6.45, 7) is 3.45. The molecule has 0 atom stereocenters. The van der Waals surface area contributed by atoms with E-state index in [4.69, 9.17) is 11.6 Å². The van der Waals surface area contributed by atoms with Crippen molar-refractivity contribution in [1.29, 1.82) is 0 Å². The van der Waals surface area contributed by atoms with Gasteiger partial charge in [0.25, 0.3) is 5.56 Å². The average molecular weight is 427 g/mol. The van der Waals surface area contributed by atoms with Crippen LogP contribution in [0.15, 0.2) is 35.1 Å². The number of hydrogen-bond acceptors (Lipinski definition) is 5. The fraction of sp³-hybridized carbons (Fsp3) is 0.100. The number of rotatable bonds is 4. The quantitative estimate of drug-likeness (QED) is 0.506. The van der Waals surface area contributed by atoms with Gasteiger partial charge in [-0.05, 0) is 43.7 Å². The highest BCUT2D eigenvalue weighted by atomic mass is 35.5. The topological polar surface area (TPSA) is 101 Å². The summed E-state index contributed by atoms with van der Waals surface area (Å²) in [6.07, 6.45) is 3.36. The van der Waals surface area contributed by atoms with Crippen LogP contribution in [-0.4, -0.2) is 30.8 Å². The van der Waals surface area contributed by atoms with Gasteiger partial charge in [-0.3, -0.25) is 4.79 Å². The third-order valence-corrected chi connectivity index (χ3v) is 6.01. The lowest BCUT2D eigenvalue weighted by atomic mass is 10.2. The highest BCUT2D eigenvalue weighted by Crippen LogP contribution is 2.28. The number of carboxylic acids is 1. The maximum atomic E-state index is 12.4. The van der Waals surface area contributed by atoms with Crippen LogP contribution in [0.2, 0.25) is 5.15 Å². The lowest BCUT2D eigenvalue weighted by Gasteiger charge is -2.02. The van der Waals surface area contributed by atoms with Gasteiger partial charge in [0.2, 0.25) is 0 Å². The summed E-state index contributed by atoms with van der Waals surface area (Å²) in [5.41, 5.74) is 2.30. The maximum Gasteiger partial charge on any atom is 0.346 e. The van der Waals surface area contributed by atoms with E-state index in [2.05, 4.69) is 15.1 Å². The molecule has 0 amide bonds. The molecule has 4 rings (SSSR count). The van der Waals surface area contributed by atoms with Gasteiger partial charge in [0.05, 0.1) is 16.8 Å². The zero-order valence-corrected chi connectivity index (χ0v) is 17.0. The van der Waals surface area contributed by atoms with Crippen LogP contribution in [-0.2, 0) is 0 Å². The van der Waals surface area contributed by atoms with Gasteiger partial charge in [-0.1, -0.05) is 29.8 Å². The minimum absolute atomic E-state index is 0.113. The summed E-state index contributed by atoms with van der Waals surface area (Å²) in [5, 5.41) is 14.5. The number of halogens is 1. The van der Waals surface area contributed by atoms with Crippen LogP contribution < -0.4 is 5.56 Å². The van der Waals surface area contributed by atoms with Crippen molar-refractivity contribution in [3.8, 4) is 5.69 Å². The van der Waals surface area contributed by atoms with Gasteiger partial charge in [0.15, 0.2) is 0 Å². The predicted octanol–water partition coefficient (Wildman–Crippen LogP) is 4.31. The number of carboxylic acid groups (broad SMARTS) is 1. The number of hydrogen-bond donors (Lipinski definition) is 2. The number of para-hydroxylation sites is 1. The number of nitrogens with zero attached hydrogens (tertiary/aromatic N) is 3. The first-order chi connectivity index (χ1) is 13.9. The molecule has 0 radical (unpaired) electrons. The van der Waals surface area contributed by atoms with E-state index in [1.165, 1.54) is 0 Å². The molecule has 146 valence electrons. The van der Waals surface area contributed by atoms with Crippen LogP contribution in [0.5, 0.6) is 0 Å². The molecule has 3 heterocycles. The smallest absolute Gasteiger partial charge is 0.346 e. The molecule has 0 unspecified atom stereocenters. The number of aryl methyl sites for hydroxylation is 2. The Bertz CT molecular complexity index is 1340. The van der Waals surface area contributed by atoms with E-state index in [1.807, 2.05) is 37.3 Å². The number of aromatic nitrogens is 4. The van der Waals surface area contributed by atoms with Crippen LogP contribution >= 0.6 is 22.9 Å². The number of aromatic amines is 1. The Balaban J connectivity index is 1.75. The lowest BCUT2D eigenvalue weighted by Crippen LogP contribution is -2.09. The monoisotopic (exact) mass is 426 g/mol. The Kier molecular flexibility index (Phi) is 4.81. The van der Waals surface area contributed by atoms with Gasteiger partial charge in [-0.15, -0.1) is 11.3 Å². The molecule has 0 saturated heterocycles. The summed E-state index contributed by atoms with van der Waals surface area (Å²) in [4.78, 5) is 31.3. The molecule has 2 N–H and O–H groups in total. The van der Waals surface area contributed by atoms with E-state index < -0.39 is 5.97 Å². The molecule has 0 aliphatic heterocycles. The van der Waals surface area contributed by atoms with Crippen LogP contribution in [0, 0.1) is 13.8 Å². The Morgan fingerprint density at radius 1 is 1.24 bits per heavy atom. The van der Waals surface area contributed by atoms with Crippen molar-refractivity contribution in [3.63, 3.8) is 0 Å². The van der Waals surface area contributed by atoms with Crippen LogP contribution in [0.25, 0.3) is 28.1 Å². The van der Waals surface area contributed by atoms with Crippen LogP contribution in [0.4, 0.5) is 0 Å². The summed E-state index contributed by atoms with van der Waals surface area (Å²) in [7, 11) is 0. The highest BCUT2D eigenvalue weighted by Gasteiger charge is 2.18. The molecule has 1 aromatic carbocycles. The number of H-pyrrole nitrogens is 1. The average Bonchev–Trinajstić information content (AvgIpc) is 3.17. The van der Waals surface area contributed by atoms with Gasteiger partial charge in [0, 0.05) is 5.56 Å². The number of carbonyl (C=O) groups is 1. The second-order valence-corrected chi connectivity index (χ2v) is 7.72. The third kappa shape index (κ3) is 3.37. The molecule has 0 aliphatic rings. The molecule has 3 aromatic heterocycles. The fourth-order valence-corrected chi connectivity index (χ4v) is 4.41. The molecule has 0 fully saturated rings. The summed E-state index contributed by atoms with van der Waals surface area (Å²) in [6, 6.07) is 9.51. The van der Waals surface area contributed by atoms with Crippen LogP contribution in [0.3, 0.4) is 0 Å². The lowest BCUT2D eigenvalue weighted by molar-refractivity contribution is 0.0701. The molecular formula is C20H15ClN4O3S. The minimum Gasteiger partial charge on any atom is -0.477 e. The zero-order valence-electron chi connectivity index (χ0n) is 15.4. The van der Waals surface area contributed by atoms with Crippen molar-refractivity contribution in [3.05, 3.63) is 73.4 Å². The first-order valence-electron chi connectivity index (χ1n) is 8.62. The van der Waals surface area contributed by atoms with E-state index in [1.54, 1.807) is 23.8 Å². The third-order valence-electron chi connectivity index (χ3n) is 4.47. The van der Waals surface area contributed by atoms with Gasteiger partial charge in [-0.25, -0.2) is 14.5 Å². The second-order valence-electron chi connectivity index (χ2n) is 6.36. The first-order valence-corrected chi connectivity index (χ1v) is 9.81. The van der Waals surface area contributed by atoms with Crippen molar-refractivity contribution in [2.45, 2.75) is 13.8 Å². The summed E-state index contributed by atoms with van der Waals surface area (Å²) in [5.74, 6) is -0.763. The Hall–Kier alpha value is -3.23. The molecule has 0 spiro atoms. The molecule has 0 saturated carbocycles. The van der Waals surface area contributed by atoms with Crippen molar-refractivity contribution in [2.75, 3.05) is 0 Å². The van der Waals surface area contributed by atoms with Crippen molar-refractivity contribution < 1.29 is 9.90 Å². The Labute approximate surface area is 173 Å². The molecule has 0 aliphatic carbocycles. The van der Waals surface area contributed by atoms with E-state index in [0.29, 0.717) is 32.3 Å². The van der Waals surface area contributed by atoms with Crippen molar-refractivity contribution >= 4 is 51.3 Å². The number of fused-ring (bicyclic) bond motifs is 1. The number of benzene rings is 1. The Morgan fingerprint density at radius 2 is 1.97 bits per heavy atom. The number of thiophene rings is 1. The molecule has 29 heavy (non-hydrogen) atoms. The van der Waals surface area contributed by atoms with Gasteiger partial charge < -0.3 is 10.1 Å². The SMILES string of the molecule is Cc1nn(-c2ccccc2)c(Cl)c1C=Cc1nc2sc(C(=O)O)c(C)c2c(=O)[nH]1. The van der Waals surface area contributed by atoms with E-state index >= 15 is 0 Å². The second kappa shape index (κ2) is 7.31. The highest BCUT2D eigenvalue weighted by molar-refractivity contribution is 7.20. The van der Waals surface area contributed by atoms with Gasteiger partial charge in [-0.2, -0.15) is 5.10 Å². The Morgan fingerprint density at radius 3 is 2.66 bits per heavy atom. The molecule has 0 bridgehead atoms. The summed E-state index contributed by atoms with van der Waals surface area (Å²) < 4.78 is 1.64. The van der Waals surface area contributed by atoms with Crippen molar-refractivity contribution in [1.82, 2.24) is 19.7 Å². The van der Waals surface area contributed by atoms with Gasteiger partial charge >= 0.3 is 5.97 Å². The molecular weight excluding hydrogens is 412 g/mol. The van der Waals surface area contributed by atoms with E-state index in [0.717, 1.165) is 22.7 Å². The zero-order chi connectivity index (χ0) is 20.7. The number of aromatic carboxylic acids is 1. The van der Waals surface area contributed by atoms with Crippen molar-refractivity contribution in [2.24, 2.45) is 0 Å². The number of nitrogens with one attached hydrogen (secondary N) is 1. The van der Waals surface area contributed by atoms with E-state index in [-0.39, 0.29) is 10.4 Å². The molecule has 7 nitrogen and oxygen atoms in total. The fourth-order valence-electron chi connectivity index (χ4n) is 3.05. The summed E-state index contributed by atoms with van der Waals surface area (Å²) >= 11 is 7.49. The van der Waals surface area contributed by atoms with E-state index in [9.17, 15) is 14.7 Å². The predicted molar refractivity (Wildman–Crippen MR) is 114 cm³/mol.